The van der Waals surface area contributed by atoms with Crippen LogP contribution >= 0.6 is 0 Å². The van der Waals surface area contributed by atoms with E-state index >= 15 is 0 Å². The third-order valence-corrected chi connectivity index (χ3v) is 5.14. The van der Waals surface area contributed by atoms with Crippen molar-refractivity contribution in [1.29, 1.82) is 0 Å². The molecule has 0 unspecified atom stereocenters. The van der Waals surface area contributed by atoms with Gasteiger partial charge in [-0.2, -0.15) is 5.10 Å². The number of rotatable bonds is 5. The molecule has 2 saturated carbocycles. The van der Waals surface area contributed by atoms with Gasteiger partial charge in [0.2, 0.25) is 0 Å². The van der Waals surface area contributed by atoms with Crippen molar-refractivity contribution in [3.63, 3.8) is 0 Å². The Kier molecular flexibility index (Phi) is 5.72. The summed E-state index contributed by atoms with van der Waals surface area (Å²) in [5, 5.41) is 4.33. The number of nitrogens with one attached hydrogen (secondary N) is 1. The van der Waals surface area contributed by atoms with Crippen molar-refractivity contribution in [2.45, 2.75) is 44.9 Å². The quantitative estimate of drug-likeness (QED) is 0.840. The largest absolute Gasteiger partial charge is 0.497 e. The van der Waals surface area contributed by atoms with Gasteiger partial charge in [0.25, 0.3) is 5.91 Å². The fourth-order valence-electron chi connectivity index (χ4n) is 3.79. The number of methoxy groups -OCH3 is 1. The molecule has 0 radical (unpaired) electrons. The number of nitrogens with zero attached hydrogens (tertiary/aromatic N) is 1. The second-order valence-electron chi connectivity index (χ2n) is 6.72. The number of amides is 1. The standard InChI is InChI=1S/C19H26N2O3/c1-23-17-8-10-18(11-9-17)24-13-19(22)21-20-16-7-6-14-4-2-3-5-15(14)12-16/h8-11,14-15H,2-7,12-13H2,1H3,(H,21,22)/b20-16-/t14-,15-/m1/s1. The van der Waals surface area contributed by atoms with E-state index in [1.54, 1.807) is 31.4 Å². The van der Waals surface area contributed by atoms with Crippen molar-refractivity contribution in [1.82, 2.24) is 5.43 Å². The lowest BCUT2D eigenvalue weighted by Crippen LogP contribution is -2.31. The van der Waals surface area contributed by atoms with Crippen LogP contribution < -0.4 is 14.9 Å². The van der Waals surface area contributed by atoms with Gasteiger partial charge in [0.05, 0.1) is 7.11 Å². The summed E-state index contributed by atoms with van der Waals surface area (Å²) in [7, 11) is 1.61. The predicted octanol–water partition coefficient (Wildman–Crippen LogP) is 3.54. The number of fused-ring (bicyclic) bond motifs is 1. The summed E-state index contributed by atoms with van der Waals surface area (Å²) in [6.45, 7) is -0.0326. The molecule has 130 valence electrons. The Labute approximate surface area is 143 Å². The van der Waals surface area contributed by atoms with Crippen LogP contribution in [0.25, 0.3) is 0 Å². The van der Waals surface area contributed by atoms with Crippen molar-refractivity contribution in [2.75, 3.05) is 13.7 Å². The number of benzene rings is 1. The molecule has 1 amide bonds. The number of hydrazone groups is 1. The molecule has 0 spiro atoms. The van der Waals surface area contributed by atoms with Crippen LogP contribution in [0.15, 0.2) is 29.4 Å². The van der Waals surface area contributed by atoms with E-state index in [0.717, 1.165) is 36.1 Å². The first-order valence-electron chi connectivity index (χ1n) is 8.85. The molecule has 2 aliphatic rings. The minimum Gasteiger partial charge on any atom is -0.497 e. The molecule has 3 rings (SSSR count). The van der Waals surface area contributed by atoms with Gasteiger partial charge in [-0.3, -0.25) is 4.79 Å². The second kappa shape index (κ2) is 8.18. The molecule has 2 atom stereocenters. The van der Waals surface area contributed by atoms with Gasteiger partial charge in [-0.1, -0.05) is 19.3 Å². The van der Waals surface area contributed by atoms with Crippen LogP contribution in [0.3, 0.4) is 0 Å². The minimum atomic E-state index is -0.218. The molecule has 2 aliphatic carbocycles. The molecule has 0 aliphatic heterocycles. The Bertz CT molecular complexity index is 583. The van der Waals surface area contributed by atoms with Gasteiger partial charge >= 0.3 is 0 Å². The Morgan fingerprint density at radius 3 is 2.58 bits per heavy atom. The van der Waals surface area contributed by atoms with Gasteiger partial charge in [0, 0.05) is 5.71 Å². The first kappa shape index (κ1) is 16.8. The lowest BCUT2D eigenvalue weighted by atomic mass is 9.70. The maximum Gasteiger partial charge on any atom is 0.277 e. The van der Waals surface area contributed by atoms with Crippen molar-refractivity contribution in [3.05, 3.63) is 24.3 Å². The van der Waals surface area contributed by atoms with E-state index in [-0.39, 0.29) is 12.5 Å². The topological polar surface area (TPSA) is 59.9 Å². The van der Waals surface area contributed by atoms with Crippen LogP contribution in [0.1, 0.15) is 44.9 Å². The van der Waals surface area contributed by atoms with Crippen molar-refractivity contribution < 1.29 is 14.3 Å². The summed E-state index contributed by atoms with van der Waals surface area (Å²) >= 11 is 0. The molecule has 1 aromatic rings. The predicted molar refractivity (Wildman–Crippen MR) is 93.4 cm³/mol. The van der Waals surface area contributed by atoms with Crippen molar-refractivity contribution in [2.24, 2.45) is 16.9 Å². The fraction of sp³-hybridized carbons (Fsp3) is 0.579. The molecule has 24 heavy (non-hydrogen) atoms. The molecule has 0 bridgehead atoms. The van der Waals surface area contributed by atoms with Crippen molar-refractivity contribution >= 4 is 11.6 Å². The zero-order valence-electron chi connectivity index (χ0n) is 14.3. The van der Waals surface area contributed by atoms with Gasteiger partial charge in [-0.15, -0.1) is 0 Å². The fourth-order valence-corrected chi connectivity index (χ4v) is 3.79. The van der Waals surface area contributed by atoms with Gasteiger partial charge < -0.3 is 9.47 Å². The van der Waals surface area contributed by atoms with Gasteiger partial charge in [-0.25, -0.2) is 5.43 Å². The van der Waals surface area contributed by atoms with Gasteiger partial charge in [-0.05, 0) is 61.8 Å². The molecule has 0 aromatic heterocycles. The summed E-state index contributed by atoms with van der Waals surface area (Å²) in [5.74, 6) is 2.84. The minimum absolute atomic E-state index is 0.0326. The average molecular weight is 330 g/mol. The SMILES string of the molecule is COc1ccc(OCC(=O)N/N=C2/CC[C@H]3CCCC[C@@H]3C2)cc1. The first-order valence-corrected chi connectivity index (χ1v) is 8.85. The Balaban J connectivity index is 1.43. The Morgan fingerprint density at radius 1 is 1.12 bits per heavy atom. The molecule has 1 aromatic carbocycles. The summed E-state index contributed by atoms with van der Waals surface area (Å²) in [4.78, 5) is 11.9. The summed E-state index contributed by atoms with van der Waals surface area (Å²) < 4.78 is 10.5. The van der Waals surface area contributed by atoms with Crippen LogP contribution in [-0.2, 0) is 4.79 Å². The maximum atomic E-state index is 11.9. The third kappa shape index (κ3) is 4.49. The van der Waals surface area contributed by atoms with E-state index in [9.17, 15) is 4.79 Å². The number of carbonyl (C=O) groups is 1. The van der Waals surface area contributed by atoms with E-state index < -0.39 is 0 Å². The normalized spacial score (nSPS) is 25.0. The Hall–Kier alpha value is -2.04. The van der Waals surface area contributed by atoms with Crippen LogP contribution in [0, 0.1) is 11.8 Å². The van der Waals surface area contributed by atoms with E-state index in [4.69, 9.17) is 9.47 Å². The van der Waals surface area contributed by atoms with E-state index in [1.165, 1.54) is 32.1 Å². The number of carbonyl (C=O) groups excluding carboxylic acids is 1. The molecule has 2 fully saturated rings. The highest BCUT2D eigenvalue weighted by Gasteiger charge is 2.30. The zero-order chi connectivity index (χ0) is 16.8. The molecular weight excluding hydrogens is 304 g/mol. The summed E-state index contributed by atoms with van der Waals surface area (Å²) in [5.41, 5.74) is 3.78. The first-order chi connectivity index (χ1) is 11.7. The highest BCUT2D eigenvalue weighted by atomic mass is 16.5. The summed E-state index contributed by atoms with van der Waals surface area (Å²) in [6, 6.07) is 7.16. The molecule has 0 heterocycles. The van der Waals surface area contributed by atoms with E-state index in [2.05, 4.69) is 10.5 Å². The second-order valence-corrected chi connectivity index (χ2v) is 6.72. The van der Waals surface area contributed by atoms with E-state index in [1.807, 2.05) is 0 Å². The number of hydrogen-bond acceptors (Lipinski definition) is 4. The van der Waals surface area contributed by atoms with Crippen LogP contribution in [-0.4, -0.2) is 25.3 Å². The number of hydrogen-bond donors (Lipinski definition) is 1. The maximum absolute atomic E-state index is 11.9. The molecule has 5 heteroatoms. The lowest BCUT2D eigenvalue weighted by Gasteiger charge is -2.35. The molecule has 0 saturated heterocycles. The Morgan fingerprint density at radius 2 is 1.83 bits per heavy atom. The zero-order valence-corrected chi connectivity index (χ0v) is 14.3. The lowest BCUT2D eigenvalue weighted by molar-refractivity contribution is -0.123. The molecule has 1 N–H and O–H groups in total. The third-order valence-electron chi connectivity index (χ3n) is 5.14. The number of ether oxygens (including phenoxy) is 2. The smallest absolute Gasteiger partial charge is 0.277 e. The highest BCUT2D eigenvalue weighted by Crippen LogP contribution is 2.39. The van der Waals surface area contributed by atoms with E-state index in [0.29, 0.717) is 5.75 Å². The molecular formula is C19H26N2O3. The summed E-state index contributed by atoms with van der Waals surface area (Å²) in [6.07, 6.45) is 8.70. The van der Waals surface area contributed by atoms with Crippen LogP contribution in [0.2, 0.25) is 0 Å². The highest BCUT2D eigenvalue weighted by molar-refractivity contribution is 5.87. The molecule has 5 nitrogen and oxygen atoms in total. The monoisotopic (exact) mass is 330 g/mol. The van der Waals surface area contributed by atoms with Gasteiger partial charge in [0.15, 0.2) is 6.61 Å². The van der Waals surface area contributed by atoms with Crippen molar-refractivity contribution in [3.8, 4) is 11.5 Å². The van der Waals surface area contributed by atoms with Crippen LogP contribution in [0.5, 0.6) is 11.5 Å². The van der Waals surface area contributed by atoms with Crippen LogP contribution in [0.4, 0.5) is 0 Å². The average Bonchev–Trinajstić information content (AvgIpc) is 2.65. The van der Waals surface area contributed by atoms with Gasteiger partial charge in [0.1, 0.15) is 11.5 Å².